The van der Waals surface area contributed by atoms with Crippen LogP contribution in [0.25, 0.3) is 0 Å². The molecule has 0 aliphatic carbocycles. The van der Waals surface area contributed by atoms with Crippen molar-refractivity contribution in [3.63, 3.8) is 0 Å². The average molecular weight is 629 g/mol. The maximum absolute atomic E-state index is 13.5. The van der Waals surface area contributed by atoms with Crippen molar-refractivity contribution in [2.75, 3.05) is 25.2 Å². The first-order valence-corrected chi connectivity index (χ1v) is 15.1. The molecular formula is C35H36N2O9. The number of methoxy groups -OCH3 is 1. The summed E-state index contributed by atoms with van der Waals surface area (Å²) in [5, 5.41) is 0. The largest absolute Gasteiger partial charge is 0.508 e. The number of piperazine rings is 1. The van der Waals surface area contributed by atoms with Crippen molar-refractivity contribution >= 4 is 30.2 Å². The maximum atomic E-state index is 13.5. The highest BCUT2D eigenvalue weighted by molar-refractivity contribution is 5.95. The fraction of sp³-hybridized carbons (Fsp3) is 0.371. The zero-order valence-electron chi connectivity index (χ0n) is 26.1. The van der Waals surface area contributed by atoms with E-state index in [0.29, 0.717) is 17.8 Å². The van der Waals surface area contributed by atoms with Crippen LogP contribution in [0.2, 0.25) is 0 Å². The minimum absolute atomic E-state index is 0.00898. The van der Waals surface area contributed by atoms with Crippen LogP contribution < -0.4 is 9.64 Å². The molecule has 3 aromatic carbocycles. The van der Waals surface area contributed by atoms with Gasteiger partial charge in [0.15, 0.2) is 0 Å². The number of rotatable bonds is 9. The predicted molar refractivity (Wildman–Crippen MR) is 166 cm³/mol. The molecule has 3 aliphatic rings. The van der Waals surface area contributed by atoms with Crippen molar-refractivity contribution < 1.29 is 42.9 Å². The van der Waals surface area contributed by atoms with Crippen molar-refractivity contribution in [2.45, 2.75) is 63.1 Å². The van der Waals surface area contributed by atoms with E-state index in [2.05, 4.69) is 0 Å². The van der Waals surface area contributed by atoms with Gasteiger partial charge in [0, 0.05) is 17.8 Å². The SMILES string of the molecule is COC(=O)c1cc(OCc2ccccc2)c2c(c1)N1C[C@H]3[C@@H]([C@@H]1[C@@]2(C=O)COC(=O)OCc1ccccc1)N3C(=O)OC(C)(C)C. The second-order valence-electron chi connectivity index (χ2n) is 12.6. The zero-order valence-corrected chi connectivity index (χ0v) is 26.1. The van der Waals surface area contributed by atoms with Crippen LogP contribution in [-0.4, -0.2) is 73.4 Å². The number of anilines is 1. The lowest BCUT2D eigenvalue weighted by molar-refractivity contribution is -0.115. The van der Waals surface area contributed by atoms with Gasteiger partial charge in [-0.05, 0) is 44.0 Å². The highest BCUT2D eigenvalue weighted by Crippen LogP contribution is 2.59. The number of nitrogens with zero attached hydrogens (tertiary/aromatic N) is 2. The molecule has 4 atom stereocenters. The number of carbonyl (C=O) groups is 4. The summed E-state index contributed by atoms with van der Waals surface area (Å²) < 4.78 is 28.0. The number of benzene rings is 3. The molecule has 1 amide bonds. The van der Waals surface area contributed by atoms with Gasteiger partial charge in [0.05, 0.1) is 30.8 Å². The molecule has 0 aromatic heterocycles. The molecular weight excluding hydrogens is 592 g/mol. The number of fused-ring (bicyclic) bond motifs is 5. The third-order valence-corrected chi connectivity index (χ3v) is 8.51. The van der Waals surface area contributed by atoms with Crippen molar-refractivity contribution in [3.8, 4) is 5.75 Å². The van der Waals surface area contributed by atoms with Crippen molar-refractivity contribution in [3.05, 3.63) is 95.1 Å². The minimum atomic E-state index is -1.47. The molecule has 2 fully saturated rings. The predicted octanol–water partition coefficient (Wildman–Crippen LogP) is 5.03. The summed E-state index contributed by atoms with van der Waals surface area (Å²) in [5.74, 6) is -0.307. The quantitative estimate of drug-likeness (QED) is 0.138. The summed E-state index contributed by atoms with van der Waals surface area (Å²) in [7, 11) is 1.29. The van der Waals surface area contributed by atoms with Crippen molar-refractivity contribution in [1.29, 1.82) is 0 Å². The van der Waals surface area contributed by atoms with Crippen LogP contribution >= 0.6 is 0 Å². The Balaban J connectivity index is 1.37. The van der Waals surface area contributed by atoms with E-state index in [-0.39, 0.29) is 37.2 Å². The Labute approximate surface area is 266 Å². The van der Waals surface area contributed by atoms with E-state index in [9.17, 15) is 19.2 Å². The van der Waals surface area contributed by atoms with Gasteiger partial charge in [-0.15, -0.1) is 0 Å². The molecule has 6 rings (SSSR count). The fourth-order valence-corrected chi connectivity index (χ4v) is 6.55. The molecule has 11 heteroatoms. The fourth-order valence-electron chi connectivity index (χ4n) is 6.55. The standard InChI is InChI=1S/C35H36N2O9/c1-34(2,3)46-32(40)37-26-17-36-25-15-24(31(39)42-4)16-27(43-18-22-11-7-5-8-12-22)28(25)35(20-38,30(36)29(26)37)21-45-33(41)44-19-23-13-9-6-10-14-23/h5-16,20,26,29-30H,17-19,21H2,1-4H3/t26-,29-,30+,35-,37?/m0/s1. The van der Waals surface area contributed by atoms with Crippen LogP contribution in [0.3, 0.4) is 0 Å². The summed E-state index contributed by atoms with van der Waals surface area (Å²) in [5.41, 5.74) is 0.720. The summed E-state index contributed by atoms with van der Waals surface area (Å²) in [6.07, 6.45) is -0.684. The van der Waals surface area contributed by atoms with Crippen molar-refractivity contribution in [2.24, 2.45) is 0 Å². The molecule has 240 valence electrons. The second kappa shape index (κ2) is 12.0. The Morgan fingerprint density at radius 3 is 2.20 bits per heavy atom. The molecule has 0 radical (unpaired) electrons. The van der Waals surface area contributed by atoms with Gasteiger partial charge in [0.1, 0.15) is 42.9 Å². The molecule has 3 aliphatic heterocycles. The van der Waals surface area contributed by atoms with Gasteiger partial charge in [0.25, 0.3) is 0 Å². The molecule has 2 saturated heterocycles. The molecule has 0 bridgehead atoms. The lowest BCUT2D eigenvalue weighted by atomic mass is 9.76. The zero-order chi connectivity index (χ0) is 32.6. The molecule has 0 N–H and O–H groups in total. The van der Waals surface area contributed by atoms with Crippen LogP contribution in [0, 0.1) is 0 Å². The number of hydrogen-bond donors (Lipinski definition) is 0. The summed E-state index contributed by atoms with van der Waals surface area (Å²) in [6.45, 7) is 5.49. The maximum Gasteiger partial charge on any atom is 0.508 e. The molecule has 3 aromatic rings. The van der Waals surface area contributed by atoms with Gasteiger partial charge in [0.2, 0.25) is 0 Å². The molecule has 46 heavy (non-hydrogen) atoms. The van der Waals surface area contributed by atoms with Crippen LogP contribution in [0.15, 0.2) is 72.8 Å². The van der Waals surface area contributed by atoms with Gasteiger partial charge in [-0.1, -0.05) is 60.7 Å². The summed E-state index contributed by atoms with van der Waals surface area (Å²) >= 11 is 0. The first kappa shape index (κ1) is 30.9. The summed E-state index contributed by atoms with van der Waals surface area (Å²) in [4.78, 5) is 55.9. The molecule has 3 heterocycles. The molecule has 0 saturated carbocycles. The number of hydrogen-bond acceptors (Lipinski definition) is 10. The Kier molecular flexibility index (Phi) is 8.10. The lowest BCUT2D eigenvalue weighted by Gasteiger charge is -2.33. The van der Waals surface area contributed by atoms with E-state index in [0.717, 1.165) is 17.4 Å². The first-order chi connectivity index (χ1) is 22.1. The van der Waals surface area contributed by atoms with Gasteiger partial charge >= 0.3 is 18.2 Å². The highest BCUT2D eigenvalue weighted by Gasteiger charge is 2.72. The summed E-state index contributed by atoms with van der Waals surface area (Å²) in [6, 6.07) is 20.5. The van der Waals surface area contributed by atoms with Crippen LogP contribution in [0.4, 0.5) is 15.3 Å². The van der Waals surface area contributed by atoms with E-state index < -0.39 is 41.3 Å². The van der Waals surface area contributed by atoms with Crippen LogP contribution in [0.5, 0.6) is 5.75 Å². The van der Waals surface area contributed by atoms with Gasteiger partial charge in [-0.25, -0.2) is 14.4 Å². The van der Waals surface area contributed by atoms with Crippen LogP contribution in [-0.2, 0) is 42.4 Å². The molecule has 0 spiro atoms. The van der Waals surface area contributed by atoms with E-state index in [1.165, 1.54) is 13.2 Å². The van der Waals surface area contributed by atoms with E-state index >= 15 is 0 Å². The Morgan fingerprint density at radius 1 is 0.935 bits per heavy atom. The monoisotopic (exact) mass is 628 g/mol. The van der Waals surface area contributed by atoms with Crippen molar-refractivity contribution in [1.82, 2.24) is 4.90 Å². The highest BCUT2D eigenvalue weighted by atomic mass is 16.7. The third-order valence-electron chi connectivity index (χ3n) is 8.51. The Hall–Kier alpha value is -5.06. The lowest BCUT2D eigenvalue weighted by Crippen LogP contribution is -2.52. The minimum Gasteiger partial charge on any atom is -0.488 e. The number of ether oxygens (including phenoxy) is 5. The van der Waals surface area contributed by atoms with Gasteiger partial charge < -0.3 is 33.4 Å². The number of aldehydes is 1. The number of amides is 1. The topological polar surface area (TPSA) is 121 Å². The smallest absolute Gasteiger partial charge is 0.488 e. The Bertz CT molecular complexity index is 1640. The van der Waals surface area contributed by atoms with Gasteiger partial charge in [-0.2, -0.15) is 0 Å². The van der Waals surface area contributed by atoms with Gasteiger partial charge in [-0.3, -0.25) is 4.90 Å². The van der Waals surface area contributed by atoms with E-state index in [1.807, 2.05) is 65.6 Å². The van der Waals surface area contributed by atoms with E-state index in [4.69, 9.17) is 23.7 Å². The van der Waals surface area contributed by atoms with E-state index in [1.54, 1.807) is 31.7 Å². The third kappa shape index (κ3) is 5.73. The normalized spacial score (nSPS) is 22.2. The first-order valence-electron chi connectivity index (χ1n) is 15.1. The molecule has 0 unspecified atom stereocenters. The Morgan fingerprint density at radius 2 is 1.59 bits per heavy atom. The second-order valence-corrected chi connectivity index (χ2v) is 12.6. The number of esters is 1. The van der Waals surface area contributed by atoms with Crippen LogP contribution in [0.1, 0.15) is 47.8 Å². The number of carbonyl (C=O) groups excluding carboxylic acids is 4. The average Bonchev–Trinajstić information content (AvgIpc) is 3.50. The molecule has 11 nitrogen and oxygen atoms in total.